The molecule has 0 amide bonds. The molecule has 16 heavy (non-hydrogen) atoms. The number of aryl methyl sites for hydroxylation is 2. The molecule has 0 unspecified atom stereocenters. The van der Waals surface area contributed by atoms with Gasteiger partial charge in [0.15, 0.2) is 0 Å². The highest BCUT2D eigenvalue weighted by Crippen LogP contribution is 2.21. The highest BCUT2D eigenvalue weighted by atomic mass is 32.1. The molecule has 4 nitrogen and oxygen atoms in total. The van der Waals surface area contributed by atoms with Gasteiger partial charge in [-0.25, -0.2) is 0 Å². The van der Waals surface area contributed by atoms with Crippen molar-refractivity contribution in [2.24, 2.45) is 0 Å². The molecule has 0 aliphatic rings. The van der Waals surface area contributed by atoms with E-state index in [1.54, 1.807) is 17.4 Å². The van der Waals surface area contributed by atoms with Gasteiger partial charge in [-0.05, 0) is 37.6 Å². The standard InChI is InChI=1S/C11H14N4S/c1-7-5-9(16-8(7)2)6-13-11-4-3-10(12)14-15-11/h3-5H,6H2,1-2H3,(H2,12,14)(H,13,15). The van der Waals surface area contributed by atoms with Gasteiger partial charge < -0.3 is 11.1 Å². The van der Waals surface area contributed by atoms with E-state index < -0.39 is 0 Å². The first-order valence-corrected chi connectivity index (χ1v) is 5.86. The van der Waals surface area contributed by atoms with Crippen LogP contribution < -0.4 is 11.1 Å². The van der Waals surface area contributed by atoms with Crippen molar-refractivity contribution in [1.82, 2.24) is 10.2 Å². The normalized spacial score (nSPS) is 10.4. The summed E-state index contributed by atoms with van der Waals surface area (Å²) in [6.45, 7) is 5.03. The molecule has 2 rings (SSSR count). The van der Waals surface area contributed by atoms with Gasteiger partial charge in [0, 0.05) is 9.75 Å². The van der Waals surface area contributed by atoms with E-state index >= 15 is 0 Å². The third kappa shape index (κ3) is 2.49. The monoisotopic (exact) mass is 234 g/mol. The van der Waals surface area contributed by atoms with Crippen molar-refractivity contribution < 1.29 is 0 Å². The van der Waals surface area contributed by atoms with Gasteiger partial charge in [-0.15, -0.1) is 21.5 Å². The number of hydrogen-bond acceptors (Lipinski definition) is 5. The second-order valence-electron chi connectivity index (χ2n) is 3.65. The lowest BCUT2D eigenvalue weighted by atomic mass is 10.3. The largest absolute Gasteiger partial charge is 0.382 e. The molecule has 0 saturated carbocycles. The van der Waals surface area contributed by atoms with Crippen LogP contribution in [0.25, 0.3) is 0 Å². The maximum Gasteiger partial charge on any atom is 0.149 e. The number of nitrogen functional groups attached to an aromatic ring is 1. The second kappa shape index (κ2) is 4.49. The van der Waals surface area contributed by atoms with Crippen LogP contribution in [0.5, 0.6) is 0 Å². The zero-order valence-corrected chi connectivity index (χ0v) is 10.1. The third-order valence-electron chi connectivity index (χ3n) is 2.35. The van der Waals surface area contributed by atoms with Crippen LogP contribution >= 0.6 is 11.3 Å². The first-order valence-electron chi connectivity index (χ1n) is 5.04. The SMILES string of the molecule is Cc1cc(CNc2ccc(N)nn2)sc1C. The Morgan fingerprint density at radius 1 is 1.31 bits per heavy atom. The molecule has 0 aromatic carbocycles. The van der Waals surface area contributed by atoms with Crippen LogP contribution in [0, 0.1) is 13.8 Å². The fourth-order valence-electron chi connectivity index (χ4n) is 1.35. The predicted octanol–water partition coefficient (Wildman–Crippen LogP) is 2.35. The summed E-state index contributed by atoms with van der Waals surface area (Å²) in [7, 11) is 0. The highest BCUT2D eigenvalue weighted by Gasteiger charge is 2.01. The number of nitrogens with zero attached hydrogens (tertiary/aromatic N) is 2. The van der Waals surface area contributed by atoms with E-state index in [0.29, 0.717) is 5.82 Å². The number of aromatic nitrogens is 2. The summed E-state index contributed by atoms with van der Waals surface area (Å²) in [6.07, 6.45) is 0. The van der Waals surface area contributed by atoms with Gasteiger partial charge in [-0.2, -0.15) is 0 Å². The number of nitrogens with one attached hydrogen (secondary N) is 1. The van der Waals surface area contributed by atoms with Crippen molar-refractivity contribution in [3.8, 4) is 0 Å². The number of hydrogen-bond donors (Lipinski definition) is 2. The Morgan fingerprint density at radius 3 is 2.69 bits per heavy atom. The zero-order valence-electron chi connectivity index (χ0n) is 9.32. The second-order valence-corrected chi connectivity index (χ2v) is 4.99. The Morgan fingerprint density at radius 2 is 2.12 bits per heavy atom. The molecule has 2 aromatic heterocycles. The summed E-state index contributed by atoms with van der Waals surface area (Å²) >= 11 is 1.80. The minimum Gasteiger partial charge on any atom is -0.382 e. The lowest BCUT2D eigenvalue weighted by Crippen LogP contribution is -2.02. The first kappa shape index (κ1) is 10.9. The Labute approximate surface area is 98.5 Å². The van der Waals surface area contributed by atoms with Gasteiger partial charge in [-0.3, -0.25) is 0 Å². The molecular weight excluding hydrogens is 220 g/mol. The van der Waals surface area contributed by atoms with E-state index in [-0.39, 0.29) is 0 Å². The van der Waals surface area contributed by atoms with Crippen LogP contribution in [0.3, 0.4) is 0 Å². The van der Waals surface area contributed by atoms with Gasteiger partial charge in [0.05, 0.1) is 6.54 Å². The Hall–Kier alpha value is -1.62. The van der Waals surface area contributed by atoms with E-state index in [1.807, 2.05) is 6.07 Å². The van der Waals surface area contributed by atoms with Gasteiger partial charge in [0.1, 0.15) is 11.6 Å². The first-order chi connectivity index (χ1) is 7.65. The maximum atomic E-state index is 5.46. The van der Waals surface area contributed by atoms with Gasteiger partial charge in [0.2, 0.25) is 0 Å². The summed E-state index contributed by atoms with van der Waals surface area (Å²) in [5.41, 5.74) is 6.80. The molecule has 0 fully saturated rings. The molecule has 0 spiro atoms. The number of thiophene rings is 1. The van der Waals surface area contributed by atoms with Crippen LogP contribution in [-0.2, 0) is 6.54 Å². The lowest BCUT2D eigenvalue weighted by molar-refractivity contribution is 1.01. The summed E-state index contributed by atoms with van der Waals surface area (Å²) in [6, 6.07) is 5.76. The average molecular weight is 234 g/mol. The van der Waals surface area contributed by atoms with Crippen LogP contribution in [0.1, 0.15) is 15.3 Å². The lowest BCUT2D eigenvalue weighted by Gasteiger charge is -2.02. The number of rotatable bonds is 3. The molecule has 2 aromatic rings. The minimum atomic E-state index is 0.438. The highest BCUT2D eigenvalue weighted by molar-refractivity contribution is 7.12. The van der Waals surface area contributed by atoms with Crippen molar-refractivity contribution in [3.63, 3.8) is 0 Å². The van der Waals surface area contributed by atoms with Crippen molar-refractivity contribution in [1.29, 1.82) is 0 Å². The molecule has 0 bridgehead atoms. The van der Waals surface area contributed by atoms with E-state index in [0.717, 1.165) is 12.4 Å². The quantitative estimate of drug-likeness (QED) is 0.855. The molecule has 2 heterocycles. The predicted molar refractivity (Wildman–Crippen MR) is 67.6 cm³/mol. The summed E-state index contributed by atoms with van der Waals surface area (Å²) in [5, 5.41) is 10.9. The molecule has 0 saturated heterocycles. The minimum absolute atomic E-state index is 0.438. The maximum absolute atomic E-state index is 5.46. The van der Waals surface area contributed by atoms with Gasteiger partial charge >= 0.3 is 0 Å². The van der Waals surface area contributed by atoms with Crippen molar-refractivity contribution in [3.05, 3.63) is 33.5 Å². The van der Waals surface area contributed by atoms with Crippen LogP contribution in [0.2, 0.25) is 0 Å². The van der Waals surface area contributed by atoms with Crippen molar-refractivity contribution >= 4 is 23.0 Å². The summed E-state index contributed by atoms with van der Waals surface area (Å²) in [4.78, 5) is 2.66. The molecule has 0 atom stereocenters. The van der Waals surface area contributed by atoms with Gasteiger partial charge in [-0.1, -0.05) is 0 Å². The van der Waals surface area contributed by atoms with E-state index in [1.165, 1.54) is 15.3 Å². The van der Waals surface area contributed by atoms with Crippen molar-refractivity contribution in [2.75, 3.05) is 11.1 Å². The molecule has 5 heteroatoms. The van der Waals surface area contributed by atoms with Crippen molar-refractivity contribution in [2.45, 2.75) is 20.4 Å². The Balaban J connectivity index is 1.99. The number of anilines is 2. The van der Waals surface area contributed by atoms with E-state index in [9.17, 15) is 0 Å². The fourth-order valence-corrected chi connectivity index (χ4v) is 2.34. The zero-order chi connectivity index (χ0) is 11.5. The molecule has 3 N–H and O–H groups in total. The Bertz CT molecular complexity index is 456. The smallest absolute Gasteiger partial charge is 0.149 e. The van der Waals surface area contributed by atoms with E-state index in [4.69, 9.17) is 5.73 Å². The van der Waals surface area contributed by atoms with E-state index in [2.05, 4.69) is 35.4 Å². The molecule has 0 aliphatic carbocycles. The molecule has 0 radical (unpaired) electrons. The third-order valence-corrected chi connectivity index (χ3v) is 3.50. The molecule has 84 valence electrons. The summed E-state index contributed by atoms with van der Waals surface area (Å²) < 4.78 is 0. The van der Waals surface area contributed by atoms with Crippen LogP contribution in [0.15, 0.2) is 18.2 Å². The molecule has 0 aliphatic heterocycles. The van der Waals surface area contributed by atoms with Crippen LogP contribution in [0.4, 0.5) is 11.6 Å². The van der Waals surface area contributed by atoms with Crippen LogP contribution in [-0.4, -0.2) is 10.2 Å². The molecular formula is C11H14N4S. The Kier molecular flexibility index (Phi) is 3.05. The van der Waals surface area contributed by atoms with Gasteiger partial charge in [0.25, 0.3) is 0 Å². The number of nitrogens with two attached hydrogens (primary N) is 1. The topological polar surface area (TPSA) is 63.8 Å². The summed E-state index contributed by atoms with van der Waals surface area (Å²) in [5.74, 6) is 1.19. The fraction of sp³-hybridized carbons (Fsp3) is 0.273. The average Bonchev–Trinajstić information content (AvgIpc) is 2.58.